The molecule has 8 heteroatoms. The van der Waals surface area contributed by atoms with Crippen LogP contribution in [0.3, 0.4) is 0 Å². The second-order valence-corrected chi connectivity index (χ2v) is 7.03. The number of hydrogen-bond acceptors (Lipinski definition) is 5. The molecule has 0 saturated heterocycles. The number of rotatable bonds is 6. The Bertz CT molecular complexity index is 1320. The summed E-state index contributed by atoms with van der Waals surface area (Å²) in [5, 5.41) is 10.7. The van der Waals surface area contributed by atoms with Gasteiger partial charge in [-0.2, -0.15) is 0 Å². The van der Waals surface area contributed by atoms with Crippen LogP contribution in [0.4, 0.5) is 8.78 Å². The van der Waals surface area contributed by atoms with E-state index in [2.05, 4.69) is 4.98 Å². The summed E-state index contributed by atoms with van der Waals surface area (Å²) < 4.78 is 40.6. The number of carbonyl (C=O) groups excluding carboxylic acids is 1. The molecule has 0 aliphatic carbocycles. The highest BCUT2D eigenvalue weighted by atomic mass is 19.1. The first kappa shape index (κ1) is 21.3. The van der Waals surface area contributed by atoms with Gasteiger partial charge in [-0.25, -0.2) is 18.6 Å². The van der Waals surface area contributed by atoms with E-state index in [0.717, 1.165) is 18.2 Å². The molecule has 0 unspecified atom stereocenters. The first-order valence-electron chi connectivity index (χ1n) is 9.90. The molecule has 1 N–H and O–H groups in total. The van der Waals surface area contributed by atoms with Gasteiger partial charge in [0.15, 0.2) is 0 Å². The van der Waals surface area contributed by atoms with Crippen molar-refractivity contribution < 1.29 is 28.2 Å². The van der Waals surface area contributed by atoms with Gasteiger partial charge < -0.3 is 19.1 Å². The van der Waals surface area contributed by atoms with Crippen molar-refractivity contribution in [2.24, 2.45) is 0 Å². The Kier molecular flexibility index (Phi) is 5.77. The molecule has 4 aromatic rings. The number of ether oxygens (including phenoxy) is 2. The third-order valence-electron chi connectivity index (χ3n) is 5.09. The van der Waals surface area contributed by atoms with E-state index < -0.39 is 17.6 Å². The summed E-state index contributed by atoms with van der Waals surface area (Å²) in [4.78, 5) is 17.3. The average Bonchev–Trinajstić information content (AvgIpc) is 3.09. The molecule has 0 aliphatic rings. The van der Waals surface area contributed by atoms with Crippen LogP contribution in [0.15, 0.2) is 54.7 Å². The van der Waals surface area contributed by atoms with E-state index in [9.17, 15) is 18.7 Å². The van der Waals surface area contributed by atoms with Crippen molar-refractivity contribution in [1.82, 2.24) is 9.55 Å². The Morgan fingerprint density at radius 3 is 2.72 bits per heavy atom. The van der Waals surface area contributed by atoms with Gasteiger partial charge in [0.05, 0.1) is 20.3 Å². The highest BCUT2D eigenvalue weighted by molar-refractivity contribution is 6.09. The Balaban J connectivity index is 2.08. The van der Waals surface area contributed by atoms with Gasteiger partial charge in [-0.1, -0.05) is 0 Å². The summed E-state index contributed by atoms with van der Waals surface area (Å²) >= 11 is 0. The number of esters is 1. The lowest BCUT2D eigenvalue weighted by molar-refractivity contribution is 0.0516. The molecule has 0 spiro atoms. The average molecular weight is 438 g/mol. The lowest BCUT2D eigenvalue weighted by Crippen LogP contribution is -2.15. The minimum absolute atomic E-state index is 0.0221. The number of phenolic OH excluding ortho intramolecular Hbond substituents is 1. The molecule has 2 heterocycles. The van der Waals surface area contributed by atoms with Crippen LogP contribution in [0.2, 0.25) is 0 Å². The Morgan fingerprint density at radius 1 is 1.16 bits per heavy atom. The number of fused-ring (bicyclic) bond motifs is 1. The van der Waals surface area contributed by atoms with Crippen molar-refractivity contribution in [3.05, 3.63) is 77.6 Å². The maximum atomic E-state index is 14.5. The maximum Gasteiger partial charge on any atom is 0.355 e. The van der Waals surface area contributed by atoms with E-state index >= 15 is 0 Å². The van der Waals surface area contributed by atoms with E-state index in [1.165, 1.54) is 19.2 Å². The fourth-order valence-electron chi connectivity index (χ4n) is 3.77. The first-order valence-corrected chi connectivity index (χ1v) is 9.90. The van der Waals surface area contributed by atoms with Crippen molar-refractivity contribution in [3.63, 3.8) is 0 Å². The molecule has 0 amide bonds. The van der Waals surface area contributed by atoms with Crippen molar-refractivity contribution >= 4 is 16.9 Å². The van der Waals surface area contributed by atoms with E-state index in [0.29, 0.717) is 22.0 Å². The fraction of sp³-hybridized carbons (Fsp3) is 0.167. The van der Waals surface area contributed by atoms with Gasteiger partial charge in [0.1, 0.15) is 23.1 Å². The van der Waals surface area contributed by atoms with Crippen LogP contribution in [0.1, 0.15) is 23.0 Å². The van der Waals surface area contributed by atoms with E-state index in [1.807, 2.05) is 0 Å². The van der Waals surface area contributed by atoms with Gasteiger partial charge in [0.25, 0.3) is 0 Å². The molecule has 2 aromatic carbocycles. The van der Waals surface area contributed by atoms with Crippen molar-refractivity contribution in [2.45, 2.75) is 13.5 Å². The molecule has 0 atom stereocenters. The molecule has 32 heavy (non-hydrogen) atoms. The van der Waals surface area contributed by atoms with Crippen molar-refractivity contribution in [1.29, 1.82) is 0 Å². The number of benzene rings is 2. The zero-order valence-electron chi connectivity index (χ0n) is 17.4. The Hall–Kier alpha value is -3.94. The summed E-state index contributed by atoms with van der Waals surface area (Å²) in [5.74, 6) is -1.62. The van der Waals surface area contributed by atoms with Gasteiger partial charge in [-0.15, -0.1) is 0 Å². The van der Waals surface area contributed by atoms with Crippen LogP contribution >= 0.6 is 0 Å². The number of aromatic hydroxyl groups is 1. The quantitative estimate of drug-likeness (QED) is 0.433. The summed E-state index contributed by atoms with van der Waals surface area (Å²) in [5.41, 5.74) is 1.60. The van der Waals surface area contributed by atoms with Gasteiger partial charge in [-0.3, -0.25) is 0 Å². The van der Waals surface area contributed by atoms with Crippen LogP contribution in [0.5, 0.6) is 11.6 Å². The van der Waals surface area contributed by atoms with Gasteiger partial charge in [0, 0.05) is 33.8 Å². The van der Waals surface area contributed by atoms with E-state index in [4.69, 9.17) is 9.47 Å². The number of carbonyl (C=O) groups is 1. The number of pyridine rings is 1. The third kappa shape index (κ3) is 3.75. The molecule has 4 rings (SSSR count). The maximum absolute atomic E-state index is 14.5. The van der Waals surface area contributed by atoms with Crippen molar-refractivity contribution in [3.8, 4) is 22.8 Å². The number of hydrogen-bond donors (Lipinski definition) is 1. The largest absolute Gasteiger partial charge is 0.508 e. The third-order valence-corrected chi connectivity index (χ3v) is 5.09. The normalized spacial score (nSPS) is 11.0. The zero-order valence-corrected chi connectivity index (χ0v) is 17.4. The van der Waals surface area contributed by atoms with Crippen LogP contribution in [-0.4, -0.2) is 34.3 Å². The minimum atomic E-state index is -0.652. The van der Waals surface area contributed by atoms with Crippen molar-refractivity contribution in [2.75, 3.05) is 13.7 Å². The summed E-state index contributed by atoms with van der Waals surface area (Å²) in [6.07, 6.45) is 1.55. The van der Waals surface area contributed by atoms with Crippen LogP contribution < -0.4 is 4.74 Å². The number of halogens is 2. The van der Waals surface area contributed by atoms with Crippen LogP contribution in [0.25, 0.3) is 22.0 Å². The standard InChI is InChI=1S/C24H20F2N2O4/c1-3-32-24(30)22-21(17-5-4-10-27-23(17)31-2)18-12-16(29)7-9-20(18)28(22)13-14-11-15(25)6-8-19(14)26/h4-12,29H,3,13H2,1-2H3. The summed E-state index contributed by atoms with van der Waals surface area (Å²) in [6, 6.07) is 11.1. The Morgan fingerprint density at radius 2 is 1.97 bits per heavy atom. The number of aromatic nitrogens is 2. The van der Waals surface area contributed by atoms with Gasteiger partial charge >= 0.3 is 5.97 Å². The summed E-state index contributed by atoms with van der Waals surface area (Å²) in [6.45, 7) is 1.65. The second-order valence-electron chi connectivity index (χ2n) is 7.03. The van der Waals surface area contributed by atoms with Crippen LogP contribution in [-0.2, 0) is 11.3 Å². The van der Waals surface area contributed by atoms with Gasteiger partial charge in [-0.05, 0) is 55.5 Å². The lowest BCUT2D eigenvalue weighted by Gasteiger charge is -2.13. The van der Waals surface area contributed by atoms with Gasteiger partial charge in [0.2, 0.25) is 5.88 Å². The monoisotopic (exact) mass is 438 g/mol. The Labute approximate surface area is 182 Å². The minimum Gasteiger partial charge on any atom is -0.508 e. The fourth-order valence-corrected chi connectivity index (χ4v) is 3.77. The number of nitrogens with zero attached hydrogens (tertiary/aromatic N) is 2. The number of methoxy groups -OCH3 is 1. The highest BCUT2D eigenvalue weighted by Gasteiger charge is 2.28. The molecule has 0 radical (unpaired) electrons. The molecule has 0 fully saturated rings. The molecule has 0 saturated carbocycles. The van der Waals surface area contributed by atoms with Crippen LogP contribution in [0, 0.1) is 11.6 Å². The lowest BCUT2D eigenvalue weighted by atomic mass is 10.0. The molecular weight excluding hydrogens is 418 g/mol. The smallest absolute Gasteiger partial charge is 0.355 e. The predicted octanol–water partition coefficient (Wildman–Crippen LogP) is 4.92. The highest BCUT2D eigenvalue weighted by Crippen LogP contribution is 2.40. The first-order chi connectivity index (χ1) is 15.4. The molecule has 6 nitrogen and oxygen atoms in total. The summed E-state index contributed by atoms with van der Waals surface area (Å²) in [7, 11) is 1.45. The molecular formula is C24H20F2N2O4. The predicted molar refractivity (Wildman–Crippen MR) is 115 cm³/mol. The topological polar surface area (TPSA) is 73.6 Å². The molecule has 2 aromatic heterocycles. The second kappa shape index (κ2) is 8.66. The van der Waals surface area contributed by atoms with E-state index in [-0.39, 0.29) is 36.0 Å². The molecule has 0 bridgehead atoms. The number of phenols is 1. The van der Waals surface area contributed by atoms with E-state index in [1.54, 1.807) is 35.9 Å². The molecule has 164 valence electrons. The SMILES string of the molecule is CCOC(=O)c1c(-c2cccnc2OC)c2cc(O)ccc2n1Cc1cc(F)ccc1F. The molecule has 0 aliphatic heterocycles. The zero-order chi connectivity index (χ0) is 22.8.